The maximum Gasteiger partial charge on any atom is 0.258 e. The van der Waals surface area contributed by atoms with E-state index in [4.69, 9.17) is 4.42 Å². The van der Waals surface area contributed by atoms with E-state index in [9.17, 15) is 4.79 Å². The van der Waals surface area contributed by atoms with Crippen molar-refractivity contribution in [1.82, 2.24) is 14.9 Å². The van der Waals surface area contributed by atoms with E-state index in [1.54, 1.807) is 12.3 Å². The van der Waals surface area contributed by atoms with Gasteiger partial charge in [-0.1, -0.05) is 19.1 Å². The molecule has 0 aliphatic carbocycles. The summed E-state index contributed by atoms with van der Waals surface area (Å²) < 4.78 is 5.65. The van der Waals surface area contributed by atoms with E-state index in [-0.39, 0.29) is 11.6 Å². The highest BCUT2D eigenvalue weighted by molar-refractivity contribution is 5.77. The van der Waals surface area contributed by atoms with Gasteiger partial charge in [0, 0.05) is 0 Å². The Balaban J connectivity index is 1.64. The van der Waals surface area contributed by atoms with Crippen LogP contribution in [-0.2, 0) is 6.54 Å². The van der Waals surface area contributed by atoms with Gasteiger partial charge in [0.1, 0.15) is 11.6 Å². The number of aromatic nitrogens is 2. The standard InChI is InChI=1S/C19H21N3O2/c1-13-8-9-22(16(11-13)17-7-4-10-24-17)12-18-20-15-6-3-2-5-14(15)19(23)21-18/h2-7,10,13,16H,8-9,11-12H2,1H3,(H,20,21,23)/t13-,16+/m0/s1. The first kappa shape index (κ1) is 15.1. The molecule has 0 amide bonds. The predicted molar refractivity (Wildman–Crippen MR) is 92.6 cm³/mol. The summed E-state index contributed by atoms with van der Waals surface area (Å²) in [7, 11) is 0. The minimum Gasteiger partial charge on any atom is -0.468 e. The Kier molecular flexibility index (Phi) is 3.94. The number of likely N-dealkylation sites (tertiary alicyclic amines) is 1. The van der Waals surface area contributed by atoms with Gasteiger partial charge in [-0.05, 0) is 49.6 Å². The fourth-order valence-corrected chi connectivity index (χ4v) is 3.56. The first-order valence-corrected chi connectivity index (χ1v) is 8.46. The van der Waals surface area contributed by atoms with Gasteiger partial charge in [0.2, 0.25) is 0 Å². The molecule has 0 radical (unpaired) electrons. The number of hydrogen-bond acceptors (Lipinski definition) is 4. The number of benzene rings is 1. The van der Waals surface area contributed by atoms with Crippen LogP contribution in [0.5, 0.6) is 0 Å². The summed E-state index contributed by atoms with van der Waals surface area (Å²) in [4.78, 5) is 22.2. The molecule has 1 aliphatic rings. The van der Waals surface area contributed by atoms with Crippen LogP contribution in [0.15, 0.2) is 51.9 Å². The Labute approximate surface area is 140 Å². The van der Waals surface area contributed by atoms with E-state index < -0.39 is 0 Å². The molecule has 5 nitrogen and oxygen atoms in total. The van der Waals surface area contributed by atoms with Crippen LogP contribution in [0.25, 0.3) is 10.9 Å². The van der Waals surface area contributed by atoms with Gasteiger partial charge in [-0.2, -0.15) is 0 Å². The molecule has 1 saturated heterocycles. The van der Waals surface area contributed by atoms with Crippen LogP contribution in [-0.4, -0.2) is 21.4 Å². The molecule has 3 heterocycles. The second-order valence-electron chi connectivity index (χ2n) is 6.66. The highest BCUT2D eigenvalue weighted by Gasteiger charge is 2.30. The molecule has 1 aromatic carbocycles. The van der Waals surface area contributed by atoms with Crippen LogP contribution in [0, 0.1) is 5.92 Å². The summed E-state index contributed by atoms with van der Waals surface area (Å²) in [5, 5.41) is 0.635. The largest absolute Gasteiger partial charge is 0.468 e. The highest BCUT2D eigenvalue weighted by Crippen LogP contribution is 2.34. The number of hydrogen-bond donors (Lipinski definition) is 1. The number of piperidine rings is 1. The Bertz CT molecular complexity index is 885. The van der Waals surface area contributed by atoms with Crippen molar-refractivity contribution in [1.29, 1.82) is 0 Å². The molecular weight excluding hydrogens is 302 g/mol. The van der Waals surface area contributed by atoms with Gasteiger partial charge >= 0.3 is 0 Å². The van der Waals surface area contributed by atoms with Gasteiger partial charge in [-0.15, -0.1) is 0 Å². The molecule has 0 bridgehead atoms. The normalized spacial score (nSPS) is 22.0. The number of H-pyrrole nitrogens is 1. The van der Waals surface area contributed by atoms with Crippen LogP contribution in [0.3, 0.4) is 0 Å². The van der Waals surface area contributed by atoms with Crippen LogP contribution in [0.4, 0.5) is 0 Å². The van der Waals surface area contributed by atoms with Crippen molar-refractivity contribution in [2.45, 2.75) is 32.4 Å². The minimum atomic E-state index is -0.0736. The maximum absolute atomic E-state index is 12.3. The van der Waals surface area contributed by atoms with Crippen LogP contribution >= 0.6 is 0 Å². The Morgan fingerprint density at radius 1 is 1.29 bits per heavy atom. The van der Waals surface area contributed by atoms with Crippen LogP contribution < -0.4 is 5.56 Å². The van der Waals surface area contributed by atoms with Crippen molar-refractivity contribution < 1.29 is 4.42 Å². The van der Waals surface area contributed by atoms with Gasteiger partial charge in [-0.3, -0.25) is 9.69 Å². The number of nitrogens with one attached hydrogen (secondary N) is 1. The molecule has 4 rings (SSSR count). The fraction of sp³-hybridized carbons (Fsp3) is 0.368. The predicted octanol–water partition coefficient (Wildman–Crippen LogP) is 3.49. The molecule has 1 fully saturated rings. The summed E-state index contributed by atoms with van der Waals surface area (Å²) in [6, 6.07) is 11.7. The minimum absolute atomic E-state index is 0.0736. The molecule has 5 heteroatoms. The zero-order valence-corrected chi connectivity index (χ0v) is 13.7. The Hall–Kier alpha value is -2.40. The zero-order valence-electron chi connectivity index (χ0n) is 13.7. The molecule has 0 spiro atoms. The van der Waals surface area contributed by atoms with Crippen LogP contribution in [0.2, 0.25) is 0 Å². The topological polar surface area (TPSA) is 62.1 Å². The van der Waals surface area contributed by atoms with Gasteiger partial charge in [0.15, 0.2) is 0 Å². The molecule has 24 heavy (non-hydrogen) atoms. The van der Waals surface area contributed by atoms with Gasteiger partial charge in [0.05, 0.1) is 29.8 Å². The molecule has 2 aromatic heterocycles. The van der Waals surface area contributed by atoms with Crippen molar-refractivity contribution in [2.24, 2.45) is 5.92 Å². The summed E-state index contributed by atoms with van der Waals surface area (Å²) in [6.07, 6.45) is 3.93. The van der Waals surface area contributed by atoms with E-state index in [1.165, 1.54) is 0 Å². The lowest BCUT2D eigenvalue weighted by molar-refractivity contribution is 0.0918. The molecule has 2 atom stereocenters. The molecule has 0 unspecified atom stereocenters. The van der Waals surface area contributed by atoms with Gasteiger partial charge in [0.25, 0.3) is 5.56 Å². The van der Waals surface area contributed by atoms with E-state index in [1.807, 2.05) is 30.3 Å². The quantitative estimate of drug-likeness (QED) is 0.801. The lowest BCUT2D eigenvalue weighted by Gasteiger charge is -2.37. The summed E-state index contributed by atoms with van der Waals surface area (Å²) in [5.41, 5.74) is 0.673. The average Bonchev–Trinajstić information content (AvgIpc) is 3.11. The molecule has 1 N–H and O–H groups in total. The molecular formula is C19H21N3O2. The SMILES string of the molecule is C[C@H]1CCN(Cc2nc3ccccc3c(=O)[nH]2)[C@@H](c2ccco2)C1. The monoisotopic (exact) mass is 323 g/mol. The number of furan rings is 1. The lowest BCUT2D eigenvalue weighted by atomic mass is 9.91. The van der Waals surface area contributed by atoms with Crippen molar-refractivity contribution in [2.75, 3.05) is 6.54 Å². The van der Waals surface area contributed by atoms with Gasteiger partial charge < -0.3 is 9.40 Å². The van der Waals surface area contributed by atoms with Crippen molar-refractivity contribution in [3.05, 3.63) is 64.6 Å². The maximum atomic E-state index is 12.3. The smallest absolute Gasteiger partial charge is 0.258 e. The van der Waals surface area contributed by atoms with Crippen molar-refractivity contribution in [3.63, 3.8) is 0 Å². The summed E-state index contributed by atoms with van der Waals surface area (Å²) >= 11 is 0. The summed E-state index contributed by atoms with van der Waals surface area (Å²) in [5.74, 6) is 2.37. The van der Waals surface area contributed by atoms with E-state index >= 15 is 0 Å². The number of nitrogens with zero attached hydrogens (tertiary/aromatic N) is 2. The second-order valence-corrected chi connectivity index (χ2v) is 6.66. The zero-order chi connectivity index (χ0) is 16.5. The van der Waals surface area contributed by atoms with Crippen molar-refractivity contribution >= 4 is 10.9 Å². The Morgan fingerprint density at radius 3 is 3.00 bits per heavy atom. The fourth-order valence-electron chi connectivity index (χ4n) is 3.56. The highest BCUT2D eigenvalue weighted by atomic mass is 16.3. The number of aromatic amines is 1. The molecule has 1 aliphatic heterocycles. The molecule has 3 aromatic rings. The first-order chi connectivity index (χ1) is 11.7. The van der Waals surface area contributed by atoms with Crippen LogP contribution in [0.1, 0.15) is 37.4 Å². The van der Waals surface area contributed by atoms with Crippen molar-refractivity contribution in [3.8, 4) is 0 Å². The molecule has 0 saturated carbocycles. The third-order valence-corrected chi connectivity index (χ3v) is 4.86. The van der Waals surface area contributed by atoms with E-state index in [0.29, 0.717) is 23.7 Å². The summed E-state index contributed by atoms with van der Waals surface area (Å²) in [6.45, 7) is 3.88. The lowest BCUT2D eigenvalue weighted by Crippen LogP contribution is -2.36. The first-order valence-electron chi connectivity index (χ1n) is 8.46. The van der Waals surface area contributed by atoms with Gasteiger partial charge in [-0.25, -0.2) is 4.98 Å². The Morgan fingerprint density at radius 2 is 2.17 bits per heavy atom. The number of para-hydroxylation sites is 1. The number of rotatable bonds is 3. The third kappa shape index (κ3) is 2.87. The third-order valence-electron chi connectivity index (χ3n) is 4.86. The van der Waals surface area contributed by atoms with E-state index in [0.717, 1.165) is 30.7 Å². The number of fused-ring (bicyclic) bond motifs is 1. The average molecular weight is 323 g/mol. The van der Waals surface area contributed by atoms with E-state index in [2.05, 4.69) is 21.8 Å². The molecule has 124 valence electrons. The second kappa shape index (κ2) is 6.24.